The molecular formula is C13H25N3O. The van der Waals surface area contributed by atoms with Crippen LogP contribution < -0.4 is 10.6 Å². The minimum atomic E-state index is 0.0677. The second kappa shape index (κ2) is 5.83. The van der Waals surface area contributed by atoms with E-state index in [1.807, 2.05) is 0 Å². The van der Waals surface area contributed by atoms with E-state index in [2.05, 4.69) is 29.4 Å². The van der Waals surface area contributed by atoms with E-state index >= 15 is 0 Å². The average molecular weight is 239 g/mol. The van der Waals surface area contributed by atoms with Crippen molar-refractivity contribution < 1.29 is 4.79 Å². The fraction of sp³-hybridized carbons (Fsp3) is 0.923. The predicted molar refractivity (Wildman–Crippen MR) is 68.9 cm³/mol. The molecule has 4 heteroatoms. The summed E-state index contributed by atoms with van der Waals surface area (Å²) in [4.78, 5) is 14.4. The van der Waals surface area contributed by atoms with E-state index in [4.69, 9.17) is 0 Å². The summed E-state index contributed by atoms with van der Waals surface area (Å²) < 4.78 is 0. The number of hydrogen-bond acceptors (Lipinski definition) is 3. The van der Waals surface area contributed by atoms with Gasteiger partial charge in [-0.05, 0) is 46.1 Å². The number of piperidine rings is 1. The van der Waals surface area contributed by atoms with E-state index in [0.717, 1.165) is 45.3 Å². The molecule has 0 aromatic heterocycles. The molecule has 0 spiro atoms. The Kier molecular flexibility index (Phi) is 4.40. The van der Waals surface area contributed by atoms with E-state index in [0.29, 0.717) is 12.1 Å². The highest BCUT2D eigenvalue weighted by Crippen LogP contribution is 2.14. The number of nitrogens with one attached hydrogen (secondary N) is 2. The topological polar surface area (TPSA) is 44.4 Å². The fourth-order valence-corrected chi connectivity index (χ4v) is 2.77. The Hall–Kier alpha value is -0.610. The van der Waals surface area contributed by atoms with Crippen LogP contribution in [-0.4, -0.2) is 48.6 Å². The van der Waals surface area contributed by atoms with Crippen molar-refractivity contribution in [1.82, 2.24) is 15.5 Å². The van der Waals surface area contributed by atoms with Crippen LogP contribution in [0.2, 0.25) is 0 Å². The van der Waals surface area contributed by atoms with Gasteiger partial charge in [0, 0.05) is 25.2 Å². The van der Waals surface area contributed by atoms with Crippen LogP contribution in [0.4, 0.5) is 0 Å². The van der Waals surface area contributed by atoms with Gasteiger partial charge in [0.05, 0.1) is 6.04 Å². The number of carbonyl (C=O) groups is 1. The molecule has 0 aromatic carbocycles. The van der Waals surface area contributed by atoms with Gasteiger partial charge < -0.3 is 15.5 Å². The summed E-state index contributed by atoms with van der Waals surface area (Å²) in [5.74, 6) is 0.213. The Morgan fingerprint density at radius 2 is 2.00 bits per heavy atom. The van der Waals surface area contributed by atoms with E-state index < -0.39 is 0 Å². The molecule has 17 heavy (non-hydrogen) atoms. The summed E-state index contributed by atoms with van der Waals surface area (Å²) >= 11 is 0. The van der Waals surface area contributed by atoms with Crippen molar-refractivity contribution in [3.8, 4) is 0 Å². The number of amides is 1. The first-order chi connectivity index (χ1) is 8.16. The molecular weight excluding hydrogens is 214 g/mol. The Balaban J connectivity index is 1.72. The summed E-state index contributed by atoms with van der Waals surface area (Å²) in [6, 6.07) is 1.08. The Morgan fingerprint density at radius 3 is 2.53 bits per heavy atom. The molecule has 2 aliphatic rings. The molecule has 2 N–H and O–H groups in total. The van der Waals surface area contributed by atoms with Gasteiger partial charge in [0.1, 0.15) is 0 Å². The van der Waals surface area contributed by atoms with Crippen LogP contribution in [0.25, 0.3) is 0 Å². The molecule has 1 atom stereocenters. The first-order valence-corrected chi connectivity index (χ1v) is 6.94. The lowest BCUT2D eigenvalue weighted by Crippen LogP contribution is -2.50. The SMILES string of the molecule is CC(C)N1CCC(NC(=O)[C@@H]2CCCN2)CC1. The van der Waals surface area contributed by atoms with Crippen LogP contribution in [0.3, 0.4) is 0 Å². The maximum absolute atomic E-state index is 11.9. The zero-order valence-electron chi connectivity index (χ0n) is 11.0. The third kappa shape index (κ3) is 3.42. The van der Waals surface area contributed by atoms with Crippen molar-refractivity contribution >= 4 is 5.91 Å². The number of nitrogens with zero attached hydrogens (tertiary/aromatic N) is 1. The first kappa shape index (κ1) is 12.8. The second-order valence-corrected chi connectivity index (χ2v) is 5.56. The molecule has 0 radical (unpaired) electrons. The molecule has 2 heterocycles. The summed E-state index contributed by atoms with van der Waals surface area (Å²) in [7, 11) is 0. The number of carbonyl (C=O) groups excluding carboxylic acids is 1. The standard InChI is InChI=1S/C13H25N3O/c1-10(2)16-8-5-11(6-9-16)15-13(17)12-4-3-7-14-12/h10-12,14H,3-9H2,1-2H3,(H,15,17)/t12-/m0/s1. The van der Waals surface area contributed by atoms with E-state index in [1.165, 1.54) is 0 Å². The highest BCUT2D eigenvalue weighted by molar-refractivity contribution is 5.82. The maximum Gasteiger partial charge on any atom is 0.237 e. The third-order valence-electron chi connectivity index (χ3n) is 3.98. The molecule has 1 amide bonds. The molecule has 2 aliphatic heterocycles. The molecule has 0 aliphatic carbocycles. The molecule has 0 unspecified atom stereocenters. The van der Waals surface area contributed by atoms with Crippen molar-refractivity contribution in [2.45, 2.75) is 57.7 Å². The third-order valence-corrected chi connectivity index (χ3v) is 3.98. The number of likely N-dealkylation sites (tertiary alicyclic amines) is 1. The van der Waals surface area contributed by atoms with Crippen LogP contribution in [-0.2, 0) is 4.79 Å². The van der Waals surface area contributed by atoms with Gasteiger partial charge in [-0.25, -0.2) is 0 Å². The highest BCUT2D eigenvalue weighted by Gasteiger charge is 2.26. The predicted octanol–water partition coefficient (Wildman–Crippen LogP) is 0.727. The van der Waals surface area contributed by atoms with Gasteiger partial charge >= 0.3 is 0 Å². The largest absolute Gasteiger partial charge is 0.352 e. The smallest absolute Gasteiger partial charge is 0.237 e. The van der Waals surface area contributed by atoms with Gasteiger partial charge in [0.15, 0.2) is 0 Å². The van der Waals surface area contributed by atoms with Crippen LogP contribution in [0.1, 0.15) is 39.5 Å². The second-order valence-electron chi connectivity index (χ2n) is 5.56. The lowest BCUT2D eigenvalue weighted by Gasteiger charge is -2.35. The quantitative estimate of drug-likeness (QED) is 0.763. The molecule has 0 bridgehead atoms. The minimum absolute atomic E-state index is 0.0677. The van der Waals surface area contributed by atoms with Crippen LogP contribution in [0.5, 0.6) is 0 Å². The van der Waals surface area contributed by atoms with Crippen LogP contribution in [0.15, 0.2) is 0 Å². The lowest BCUT2D eigenvalue weighted by atomic mass is 10.0. The van der Waals surface area contributed by atoms with E-state index in [9.17, 15) is 4.79 Å². The van der Waals surface area contributed by atoms with Gasteiger partial charge in [-0.1, -0.05) is 0 Å². The van der Waals surface area contributed by atoms with E-state index in [-0.39, 0.29) is 11.9 Å². The Bertz CT molecular complexity index is 253. The molecule has 2 saturated heterocycles. The van der Waals surface area contributed by atoms with Gasteiger partial charge in [0.2, 0.25) is 5.91 Å². The first-order valence-electron chi connectivity index (χ1n) is 6.94. The average Bonchev–Trinajstić information content (AvgIpc) is 2.83. The van der Waals surface area contributed by atoms with Crippen molar-refractivity contribution in [3.63, 3.8) is 0 Å². The van der Waals surface area contributed by atoms with Crippen LogP contribution >= 0.6 is 0 Å². The fourth-order valence-electron chi connectivity index (χ4n) is 2.77. The summed E-state index contributed by atoms with van der Waals surface area (Å²) in [6.07, 6.45) is 4.31. The summed E-state index contributed by atoms with van der Waals surface area (Å²) in [5.41, 5.74) is 0. The van der Waals surface area contributed by atoms with E-state index in [1.54, 1.807) is 0 Å². The monoisotopic (exact) mass is 239 g/mol. The molecule has 2 fully saturated rings. The highest BCUT2D eigenvalue weighted by atomic mass is 16.2. The molecule has 0 aromatic rings. The maximum atomic E-state index is 11.9. The Labute approximate surface area is 104 Å². The van der Waals surface area contributed by atoms with Crippen molar-refractivity contribution in [2.24, 2.45) is 0 Å². The van der Waals surface area contributed by atoms with Crippen molar-refractivity contribution in [2.75, 3.05) is 19.6 Å². The minimum Gasteiger partial charge on any atom is -0.352 e. The van der Waals surface area contributed by atoms with Gasteiger partial charge in [-0.3, -0.25) is 4.79 Å². The van der Waals surface area contributed by atoms with Crippen molar-refractivity contribution in [3.05, 3.63) is 0 Å². The lowest BCUT2D eigenvalue weighted by molar-refractivity contribution is -0.123. The number of hydrogen-bond donors (Lipinski definition) is 2. The normalized spacial score (nSPS) is 27.6. The molecule has 98 valence electrons. The van der Waals surface area contributed by atoms with Crippen molar-refractivity contribution in [1.29, 1.82) is 0 Å². The van der Waals surface area contributed by atoms with Crippen LogP contribution in [0, 0.1) is 0 Å². The van der Waals surface area contributed by atoms with Gasteiger partial charge in [0.25, 0.3) is 0 Å². The summed E-state index contributed by atoms with van der Waals surface area (Å²) in [6.45, 7) is 7.69. The zero-order valence-corrected chi connectivity index (χ0v) is 11.0. The molecule has 2 rings (SSSR count). The van der Waals surface area contributed by atoms with Gasteiger partial charge in [-0.15, -0.1) is 0 Å². The van der Waals surface area contributed by atoms with Gasteiger partial charge in [-0.2, -0.15) is 0 Å². The zero-order chi connectivity index (χ0) is 12.3. The molecule has 4 nitrogen and oxygen atoms in total. The molecule has 0 saturated carbocycles. The Morgan fingerprint density at radius 1 is 1.29 bits per heavy atom. The summed E-state index contributed by atoms with van der Waals surface area (Å²) in [5, 5.41) is 6.44. The number of rotatable bonds is 3.